The Morgan fingerprint density at radius 1 is 1.18 bits per heavy atom. The van der Waals surface area contributed by atoms with Gasteiger partial charge in [-0.05, 0) is 43.8 Å². The van der Waals surface area contributed by atoms with Gasteiger partial charge in [0.15, 0.2) is 0 Å². The maximum Gasteiger partial charge on any atom is 0.241 e. The molecular weight excluding hydrogens is 319 g/mol. The summed E-state index contributed by atoms with van der Waals surface area (Å²) in [5, 5.41) is 4.11. The second-order valence-corrected chi connectivity index (χ2v) is 6.03. The number of carbonyl (C=O) groups is 1. The zero-order valence-electron chi connectivity index (χ0n) is 12.5. The predicted molar refractivity (Wildman–Crippen MR) is 92.5 cm³/mol. The van der Waals surface area contributed by atoms with Crippen LogP contribution >= 0.6 is 23.2 Å². The molecule has 2 aromatic rings. The van der Waals surface area contributed by atoms with Crippen LogP contribution in [0.1, 0.15) is 12.5 Å². The van der Waals surface area contributed by atoms with Crippen LogP contribution < -0.4 is 5.32 Å². The molecule has 0 radical (unpaired) electrons. The molecule has 1 atom stereocenters. The quantitative estimate of drug-likeness (QED) is 0.874. The lowest BCUT2D eigenvalue weighted by Gasteiger charge is -2.24. The Bertz CT molecular complexity index is 646. The molecule has 1 N–H and O–H groups in total. The number of nitrogens with zero attached hydrogens (tertiary/aromatic N) is 1. The summed E-state index contributed by atoms with van der Waals surface area (Å²) >= 11 is 12.1. The van der Waals surface area contributed by atoms with Gasteiger partial charge in [0.25, 0.3) is 0 Å². The Balaban J connectivity index is 1.99. The fourth-order valence-corrected chi connectivity index (χ4v) is 2.49. The van der Waals surface area contributed by atoms with Crippen LogP contribution in [-0.4, -0.2) is 23.9 Å². The molecule has 116 valence electrons. The summed E-state index contributed by atoms with van der Waals surface area (Å²) in [5.74, 6) is -0.0567. The van der Waals surface area contributed by atoms with E-state index in [1.807, 2.05) is 55.3 Å². The first-order chi connectivity index (χ1) is 10.5. The van der Waals surface area contributed by atoms with E-state index in [0.29, 0.717) is 16.6 Å². The molecule has 0 aliphatic carbocycles. The van der Waals surface area contributed by atoms with E-state index in [4.69, 9.17) is 23.2 Å². The Morgan fingerprint density at radius 3 is 2.50 bits per heavy atom. The molecule has 1 unspecified atom stereocenters. The number of rotatable bonds is 5. The number of nitrogens with one attached hydrogen (secondary N) is 1. The van der Waals surface area contributed by atoms with Crippen molar-refractivity contribution >= 4 is 34.8 Å². The highest BCUT2D eigenvalue weighted by Crippen LogP contribution is 2.22. The van der Waals surface area contributed by atoms with Gasteiger partial charge in [0, 0.05) is 22.3 Å². The van der Waals surface area contributed by atoms with Crippen molar-refractivity contribution in [1.82, 2.24) is 4.90 Å². The molecule has 0 bridgehead atoms. The number of para-hydroxylation sites is 1. The van der Waals surface area contributed by atoms with Crippen LogP contribution in [-0.2, 0) is 11.3 Å². The molecule has 22 heavy (non-hydrogen) atoms. The van der Waals surface area contributed by atoms with Gasteiger partial charge >= 0.3 is 0 Å². The third-order valence-corrected chi connectivity index (χ3v) is 4.10. The van der Waals surface area contributed by atoms with E-state index in [1.165, 1.54) is 0 Å². The predicted octanol–water partition coefficient (Wildman–Crippen LogP) is 4.45. The number of benzene rings is 2. The van der Waals surface area contributed by atoms with E-state index >= 15 is 0 Å². The molecule has 0 saturated carbocycles. The zero-order valence-corrected chi connectivity index (χ0v) is 14.0. The highest BCUT2D eigenvalue weighted by Gasteiger charge is 2.19. The second kappa shape index (κ2) is 7.63. The van der Waals surface area contributed by atoms with Gasteiger partial charge in [-0.3, -0.25) is 9.69 Å². The number of hydrogen-bond acceptors (Lipinski definition) is 2. The molecule has 0 saturated heterocycles. The molecule has 0 spiro atoms. The normalized spacial score (nSPS) is 12.2. The van der Waals surface area contributed by atoms with Gasteiger partial charge in [-0.25, -0.2) is 0 Å². The van der Waals surface area contributed by atoms with E-state index in [9.17, 15) is 4.79 Å². The molecule has 1 amide bonds. The van der Waals surface area contributed by atoms with Crippen molar-refractivity contribution in [2.75, 3.05) is 12.4 Å². The van der Waals surface area contributed by atoms with Crippen molar-refractivity contribution < 1.29 is 4.79 Å². The Labute approximate surface area is 140 Å². The summed E-state index contributed by atoms with van der Waals surface area (Å²) in [7, 11) is 1.89. The van der Waals surface area contributed by atoms with E-state index in [0.717, 1.165) is 11.3 Å². The summed E-state index contributed by atoms with van der Waals surface area (Å²) in [4.78, 5) is 14.2. The van der Waals surface area contributed by atoms with Crippen LogP contribution in [0.4, 0.5) is 5.69 Å². The van der Waals surface area contributed by atoms with Crippen molar-refractivity contribution in [3.05, 3.63) is 64.1 Å². The minimum Gasteiger partial charge on any atom is -0.325 e. The maximum atomic E-state index is 12.3. The van der Waals surface area contributed by atoms with Gasteiger partial charge in [-0.2, -0.15) is 0 Å². The summed E-state index contributed by atoms with van der Waals surface area (Å²) in [6, 6.07) is 14.5. The minimum atomic E-state index is -0.285. The van der Waals surface area contributed by atoms with E-state index in [1.54, 1.807) is 12.1 Å². The average molecular weight is 337 g/mol. The monoisotopic (exact) mass is 336 g/mol. The van der Waals surface area contributed by atoms with Crippen LogP contribution in [0.5, 0.6) is 0 Å². The molecule has 0 aliphatic heterocycles. The standard InChI is InChI=1S/C17H18Cl2N2O/c1-12(17(22)20-15-6-4-3-5-7-15)21(2)11-13-8-9-14(18)10-16(13)19/h3-10,12H,11H2,1-2H3,(H,20,22). The largest absolute Gasteiger partial charge is 0.325 e. The van der Waals surface area contributed by atoms with Crippen LogP contribution in [0.2, 0.25) is 10.0 Å². The smallest absolute Gasteiger partial charge is 0.241 e. The number of amides is 1. The van der Waals surface area contributed by atoms with Crippen molar-refractivity contribution in [3.63, 3.8) is 0 Å². The number of likely N-dealkylation sites (N-methyl/N-ethyl adjacent to an activating group) is 1. The SMILES string of the molecule is CC(C(=O)Nc1ccccc1)N(C)Cc1ccc(Cl)cc1Cl. The third-order valence-electron chi connectivity index (χ3n) is 3.52. The summed E-state index contributed by atoms with van der Waals surface area (Å²) in [5.41, 5.74) is 1.73. The van der Waals surface area contributed by atoms with Gasteiger partial charge in [0.1, 0.15) is 0 Å². The van der Waals surface area contributed by atoms with Gasteiger partial charge in [-0.15, -0.1) is 0 Å². The Hall–Kier alpha value is -1.55. The lowest BCUT2D eigenvalue weighted by Crippen LogP contribution is -2.39. The lowest BCUT2D eigenvalue weighted by atomic mass is 10.2. The molecule has 0 aromatic heterocycles. The van der Waals surface area contributed by atoms with Crippen molar-refractivity contribution in [2.45, 2.75) is 19.5 Å². The lowest BCUT2D eigenvalue weighted by molar-refractivity contribution is -0.120. The molecule has 0 heterocycles. The molecule has 0 aliphatic rings. The molecule has 3 nitrogen and oxygen atoms in total. The summed E-state index contributed by atoms with van der Waals surface area (Å²) in [6.45, 7) is 2.43. The number of halogens is 2. The van der Waals surface area contributed by atoms with Gasteiger partial charge in [0.2, 0.25) is 5.91 Å². The Morgan fingerprint density at radius 2 is 1.86 bits per heavy atom. The zero-order chi connectivity index (χ0) is 16.1. The fourth-order valence-electron chi connectivity index (χ4n) is 2.02. The first-order valence-electron chi connectivity index (χ1n) is 6.97. The molecule has 5 heteroatoms. The van der Waals surface area contributed by atoms with Crippen LogP contribution in [0.25, 0.3) is 0 Å². The second-order valence-electron chi connectivity index (χ2n) is 5.18. The highest BCUT2D eigenvalue weighted by molar-refractivity contribution is 6.35. The topological polar surface area (TPSA) is 32.3 Å². The highest BCUT2D eigenvalue weighted by atomic mass is 35.5. The van der Waals surface area contributed by atoms with Crippen LogP contribution in [0.15, 0.2) is 48.5 Å². The van der Waals surface area contributed by atoms with Gasteiger partial charge in [-0.1, -0.05) is 47.5 Å². The van der Waals surface area contributed by atoms with E-state index < -0.39 is 0 Å². The molecule has 2 aromatic carbocycles. The summed E-state index contributed by atoms with van der Waals surface area (Å²) < 4.78 is 0. The fraction of sp³-hybridized carbons (Fsp3) is 0.235. The van der Waals surface area contributed by atoms with Gasteiger partial charge < -0.3 is 5.32 Å². The maximum absolute atomic E-state index is 12.3. The van der Waals surface area contributed by atoms with Crippen molar-refractivity contribution in [3.8, 4) is 0 Å². The number of hydrogen-bond donors (Lipinski definition) is 1. The average Bonchev–Trinajstić information content (AvgIpc) is 2.50. The summed E-state index contributed by atoms with van der Waals surface area (Å²) in [6.07, 6.45) is 0. The van der Waals surface area contributed by atoms with Crippen molar-refractivity contribution in [1.29, 1.82) is 0 Å². The number of carbonyl (C=O) groups excluding carboxylic acids is 1. The molecular formula is C17H18Cl2N2O. The first-order valence-corrected chi connectivity index (χ1v) is 7.73. The minimum absolute atomic E-state index is 0.0567. The van der Waals surface area contributed by atoms with Crippen molar-refractivity contribution in [2.24, 2.45) is 0 Å². The van der Waals surface area contributed by atoms with E-state index in [2.05, 4.69) is 5.32 Å². The number of anilines is 1. The van der Waals surface area contributed by atoms with Gasteiger partial charge in [0.05, 0.1) is 6.04 Å². The molecule has 0 fully saturated rings. The van der Waals surface area contributed by atoms with Crippen LogP contribution in [0.3, 0.4) is 0 Å². The van der Waals surface area contributed by atoms with E-state index in [-0.39, 0.29) is 11.9 Å². The Kier molecular flexibility index (Phi) is 5.83. The third kappa shape index (κ3) is 4.47. The molecule has 2 rings (SSSR count). The van der Waals surface area contributed by atoms with Crippen LogP contribution in [0, 0.1) is 0 Å². The first kappa shape index (κ1) is 16.8.